The number of hydrogen-bond donors (Lipinski definition) is 1. The number of H-pyrrole nitrogens is 2. The molecule has 1 saturated heterocycles. The Hall–Kier alpha value is -2.25. The maximum Gasteiger partial charge on any atom is 0.296 e. The van der Waals surface area contributed by atoms with E-state index in [4.69, 9.17) is 16.3 Å². The van der Waals surface area contributed by atoms with Crippen LogP contribution in [0.3, 0.4) is 0 Å². The monoisotopic (exact) mass is 348 g/mol. The van der Waals surface area contributed by atoms with Gasteiger partial charge in [-0.05, 0) is 31.3 Å². The zero-order valence-corrected chi connectivity index (χ0v) is 14.1. The molecular weight excluding hydrogens is 330 g/mol. The van der Waals surface area contributed by atoms with Crippen molar-refractivity contribution >= 4 is 23.3 Å². The van der Waals surface area contributed by atoms with Crippen molar-refractivity contribution in [2.75, 3.05) is 38.2 Å². The highest BCUT2D eigenvalue weighted by molar-refractivity contribution is 6.30. The molecule has 0 bridgehead atoms. The molecule has 1 unspecified atom stereocenters. The fourth-order valence-corrected chi connectivity index (χ4v) is 3.46. The second-order valence-corrected chi connectivity index (χ2v) is 6.41. The van der Waals surface area contributed by atoms with Gasteiger partial charge in [-0.25, -0.2) is 4.98 Å². The number of nitrogens with zero attached hydrogens (tertiary/aromatic N) is 3. The summed E-state index contributed by atoms with van der Waals surface area (Å²) in [6, 6.07) is 7.32. The predicted octanol–water partition coefficient (Wildman–Crippen LogP) is 1.05. The Kier molecular flexibility index (Phi) is 3.82. The summed E-state index contributed by atoms with van der Waals surface area (Å²) in [5.74, 6) is 1.63. The summed E-state index contributed by atoms with van der Waals surface area (Å²) in [5, 5.41) is 0.687. The van der Waals surface area contributed by atoms with Crippen molar-refractivity contribution in [3.8, 4) is 5.75 Å². The van der Waals surface area contributed by atoms with E-state index < -0.39 is 0 Å². The first-order valence-electron chi connectivity index (χ1n) is 7.90. The number of likely N-dealkylation sites (N-methyl/N-ethyl adjacent to an activating group) is 1. The number of aromatic amines is 2. The number of ether oxygens (including phenoxy) is 1. The first kappa shape index (κ1) is 15.3. The van der Waals surface area contributed by atoms with Gasteiger partial charge < -0.3 is 4.74 Å². The topological polar surface area (TPSA) is 66.0 Å². The van der Waals surface area contributed by atoms with Crippen LogP contribution >= 0.6 is 11.6 Å². The molecule has 0 saturated carbocycles. The minimum atomic E-state index is -0.0779. The lowest BCUT2D eigenvalue weighted by molar-refractivity contribution is -0.364. The molecule has 2 N–H and O–H groups in total. The van der Waals surface area contributed by atoms with E-state index in [0.29, 0.717) is 23.9 Å². The molecule has 1 amide bonds. The predicted molar refractivity (Wildman–Crippen MR) is 89.1 cm³/mol. The van der Waals surface area contributed by atoms with Gasteiger partial charge in [-0.1, -0.05) is 11.6 Å². The summed E-state index contributed by atoms with van der Waals surface area (Å²) in [4.78, 5) is 24.9. The molecule has 0 spiro atoms. The van der Waals surface area contributed by atoms with Gasteiger partial charge in [0.15, 0.2) is 6.33 Å². The van der Waals surface area contributed by atoms with Crippen LogP contribution in [0.5, 0.6) is 5.75 Å². The third kappa shape index (κ3) is 2.50. The summed E-state index contributed by atoms with van der Waals surface area (Å²) >= 11 is 5.89. The second-order valence-electron chi connectivity index (χ2n) is 5.98. The van der Waals surface area contributed by atoms with E-state index in [-0.39, 0.29) is 12.2 Å². The third-order valence-corrected chi connectivity index (χ3v) is 4.74. The van der Waals surface area contributed by atoms with Gasteiger partial charge in [0, 0.05) is 18.1 Å². The first-order valence-corrected chi connectivity index (χ1v) is 8.28. The van der Waals surface area contributed by atoms with Gasteiger partial charge in [0.1, 0.15) is 18.9 Å². The number of hydrogen-bond acceptors (Lipinski definition) is 4. The lowest BCUT2D eigenvalue weighted by Gasteiger charge is -2.37. The molecule has 0 aliphatic carbocycles. The number of fused-ring (bicyclic) bond motifs is 2. The highest BCUT2D eigenvalue weighted by Crippen LogP contribution is 2.30. The molecule has 126 valence electrons. The third-order valence-electron chi connectivity index (χ3n) is 4.48. The largest absolute Gasteiger partial charge is 0.490 e. The molecule has 2 aliphatic rings. The fourth-order valence-electron chi connectivity index (χ4n) is 3.33. The molecule has 24 heavy (non-hydrogen) atoms. The van der Waals surface area contributed by atoms with Crippen LogP contribution in [0.25, 0.3) is 0 Å². The summed E-state index contributed by atoms with van der Waals surface area (Å²) in [6.45, 7) is 2.75. The van der Waals surface area contributed by atoms with E-state index >= 15 is 0 Å². The Morgan fingerprint density at radius 1 is 1.33 bits per heavy atom. The Morgan fingerprint density at radius 2 is 2.12 bits per heavy atom. The molecule has 1 atom stereocenters. The maximum atomic E-state index is 12.6. The Balaban J connectivity index is 1.51. The maximum absolute atomic E-state index is 12.6. The number of rotatable bonds is 4. The number of carbonyl (C=O) groups is 1. The second kappa shape index (κ2) is 5.99. The van der Waals surface area contributed by atoms with Crippen LogP contribution in [0.4, 0.5) is 5.82 Å². The minimum Gasteiger partial charge on any atom is -0.490 e. The van der Waals surface area contributed by atoms with E-state index in [9.17, 15) is 4.79 Å². The SMILES string of the molecule is CN1CCN2C(=O)c3[nH]c[nH+]c3N(CCOc3ccc(Cl)cc3)C12. The molecule has 0 radical (unpaired) electrons. The average Bonchev–Trinajstić information content (AvgIpc) is 3.20. The Bertz CT molecular complexity index is 747. The molecule has 2 aliphatic heterocycles. The van der Waals surface area contributed by atoms with Crippen LogP contribution in [0.15, 0.2) is 30.6 Å². The average molecular weight is 349 g/mol. The number of aromatic nitrogens is 2. The van der Waals surface area contributed by atoms with E-state index in [0.717, 1.165) is 24.7 Å². The summed E-state index contributed by atoms with van der Waals surface area (Å²) in [5.41, 5.74) is 0.605. The van der Waals surface area contributed by atoms with E-state index in [2.05, 4.69) is 19.8 Å². The number of anilines is 1. The Morgan fingerprint density at radius 3 is 2.92 bits per heavy atom. The van der Waals surface area contributed by atoms with Gasteiger partial charge in [-0.3, -0.25) is 24.5 Å². The van der Waals surface area contributed by atoms with Gasteiger partial charge in [0.25, 0.3) is 11.7 Å². The standard InChI is InChI=1S/C16H18ClN5O2/c1-20-6-7-22-15(23)13-14(19-10-18-13)21(16(20)22)8-9-24-12-4-2-11(17)3-5-12/h2-5,10,16H,6-9H2,1H3,(H,18,19)/p+1. The zero-order chi connectivity index (χ0) is 16.7. The van der Waals surface area contributed by atoms with E-state index in [1.54, 1.807) is 18.5 Å². The molecule has 7 nitrogen and oxygen atoms in total. The van der Waals surface area contributed by atoms with E-state index in [1.807, 2.05) is 24.1 Å². The minimum absolute atomic E-state index is 0.0375. The number of halogens is 1. The highest BCUT2D eigenvalue weighted by Gasteiger charge is 2.48. The quantitative estimate of drug-likeness (QED) is 0.897. The normalized spacial score (nSPS) is 20.2. The van der Waals surface area contributed by atoms with Crippen LogP contribution in [-0.4, -0.2) is 60.3 Å². The van der Waals surface area contributed by atoms with Gasteiger partial charge in [-0.2, -0.15) is 0 Å². The van der Waals surface area contributed by atoms with Gasteiger partial charge in [-0.15, -0.1) is 0 Å². The van der Waals surface area contributed by atoms with Crippen LogP contribution in [0.1, 0.15) is 10.5 Å². The zero-order valence-electron chi connectivity index (χ0n) is 13.3. The molecular formula is C16H19ClN5O2+. The smallest absolute Gasteiger partial charge is 0.296 e. The Labute approximate surface area is 144 Å². The molecule has 4 rings (SSSR count). The van der Waals surface area contributed by atoms with Crippen molar-refractivity contribution in [1.29, 1.82) is 0 Å². The van der Waals surface area contributed by atoms with Crippen molar-refractivity contribution in [3.05, 3.63) is 41.3 Å². The fraction of sp³-hybridized carbons (Fsp3) is 0.375. The number of amides is 1. The lowest BCUT2D eigenvalue weighted by Crippen LogP contribution is -2.58. The lowest BCUT2D eigenvalue weighted by atomic mass is 10.2. The van der Waals surface area contributed by atoms with Gasteiger partial charge in [0.2, 0.25) is 12.0 Å². The van der Waals surface area contributed by atoms with Gasteiger partial charge >= 0.3 is 0 Å². The number of benzene rings is 1. The molecule has 1 fully saturated rings. The van der Waals surface area contributed by atoms with Gasteiger partial charge in [0.05, 0.1) is 0 Å². The van der Waals surface area contributed by atoms with Crippen molar-refractivity contribution in [2.24, 2.45) is 0 Å². The number of nitrogens with one attached hydrogen (secondary N) is 2. The van der Waals surface area contributed by atoms with Crippen LogP contribution in [0.2, 0.25) is 5.02 Å². The summed E-state index contributed by atoms with van der Waals surface area (Å²) < 4.78 is 5.82. The van der Waals surface area contributed by atoms with Crippen LogP contribution in [0, 0.1) is 0 Å². The molecule has 1 aromatic carbocycles. The molecule has 2 aromatic rings. The summed E-state index contributed by atoms with van der Waals surface area (Å²) in [6.07, 6.45) is 1.61. The van der Waals surface area contributed by atoms with Crippen molar-refractivity contribution in [3.63, 3.8) is 0 Å². The molecule has 3 heterocycles. The number of carbonyl (C=O) groups excluding carboxylic acids is 1. The van der Waals surface area contributed by atoms with Crippen LogP contribution in [-0.2, 0) is 0 Å². The molecule has 8 heteroatoms. The molecule has 1 aromatic heterocycles. The van der Waals surface area contributed by atoms with Crippen molar-refractivity contribution in [2.45, 2.75) is 6.29 Å². The van der Waals surface area contributed by atoms with Crippen molar-refractivity contribution < 1.29 is 14.5 Å². The van der Waals surface area contributed by atoms with Crippen molar-refractivity contribution in [1.82, 2.24) is 14.8 Å². The highest BCUT2D eigenvalue weighted by atomic mass is 35.5. The van der Waals surface area contributed by atoms with E-state index in [1.165, 1.54) is 0 Å². The van der Waals surface area contributed by atoms with Crippen LogP contribution < -0.4 is 14.6 Å². The first-order chi connectivity index (χ1) is 11.6. The summed E-state index contributed by atoms with van der Waals surface area (Å²) in [7, 11) is 2.03. The number of imidazole rings is 1.